The lowest BCUT2D eigenvalue weighted by Gasteiger charge is -2.17. The van der Waals surface area contributed by atoms with Gasteiger partial charge in [0.15, 0.2) is 0 Å². The SMILES string of the molecule is CN(Cc1nc2ccsc2c(=O)[nH]1)C(=O)c1cccc(NC(=O)C2CC2)c1. The molecule has 3 aromatic rings. The van der Waals surface area contributed by atoms with E-state index in [1.54, 1.807) is 37.4 Å². The van der Waals surface area contributed by atoms with Crippen molar-refractivity contribution in [2.75, 3.05) is 12.4 Å². The number of carbonyl (C=O) groups excluding carboxylic acids is 2. The number of carbonyl (C=O) groups is 2. The van der Waals surface area contributed by atoms with Gasteiger partial charge in [-0.05, 0) is 42.5 Å². The first kappa shape index (κ1) is 17.4. The van der Waals surface area contributed by atoms with E-state index in [2.05, 4.69) is 15.3 Å². The molecule has 138 valence electrons. The topological polar surface area (TPSA) is 95.2 Å². The highest BCUT2D eigenvalue weighted by molar-refractivity contribution is 7.17. The van der Waals surface area contributed by atoms with E-state index in [0.717, 1.165) is 12.8 Å². The number of nitrogens with one attached hydrogen (secondary N) is 2. The molecule has 1 fully saturated rings. The molecule has 2 heterocycles. The lowest BCUT2D eigenvalue weighted by Crippen LogP contribution is -2.28. The monoisotopic (exact) mass is 382 g/mol. The molecule has 0 bridgehead atoms. The first-order valence-electron chi connectivity index (χ1n) is 8.64. The van der Waals surface area contributed by atoms with Crippen molar-refractivity contribution in [1.29, 1.82) is 0 Å². The molecule has 7 nitrogen and oxygen atoms in total. The molecule has 1 aliphatic rings. The second kappa shape index (κ2) is 6.96. The molecular formula is C19H18N4O3S. The van der Waals surface area contributed by atoms with E-state index < -0.39 is 0 Å². The van der Waals surface area contributed by atoms with E-state index in [1.165, 1.54) is 16.2 Å². The van der Waals surface area contributed by atoms with E-state index >= 15 is 0 Å². The first-order valence-corrected chi connectivity index (χ1v) is 9.52. The Morgan fingerprint density at radius 1 is 1.33 bits per heavy atom. The molecule has 1 saturated carbocycles. The van der Waals surface area contributed by atoms with E-state index in [0.29, 0.717) is 27.3 Å². The number of aromatic amines is 1. The number of fused-ring (bicyclic) bond motifs is 1. The summed E-state index contributed by atoms with van der Waals surface area (Å²) < 4.78 is 0.576. The quantitative estimate of drug-likeness (QED) is 0.709. The van der Waals surface area contributed by atoms with Gasteiger partial charge in [0.1, 0.15) is 10.5 Å². The van der Waals surface area contributed by atoms with Gasteiger partial charge in [-0.3, -0.25) is 14.4 Å². The summed E-state index contributed by atoms with van der Waals surface area (Å²) in [6.45, 7) is 0.179. The van der Waals surface area contributed by atoms with E-state index in [4.69, 9.17) is 0 Å². The average Bonchev–Trinajstić information content (AvgIpc) is 3.39. The maximum absolute atomic E-state index is 12.7. The van der Waals surface area contributed by atoms with Crippen molar-refractivity contribution >= 4 is 39.1 Å². The van der Waals surface area contributed by atoms with Crippen LogP contribution in [0.2, 0.25) is 0 Å². The molecule has 4 rings (SSSR count). The van der Waals surface area contributed by atoms with Gasteiger partial charge in [0.2, 0.25) is 5.91 Å². The molecule has 8 heteroatoms. The summed E-state index contributed by atoms with van der Waals surface area (Å²) in [4.78, 5) is 45.3. The van der Waals surface area contributed by atoms with Gasteiger partial charge in [-0.1, -0.05) is 6.07 Å². The molecule has 1 aliphatic carbocycles. The number of aromatic nitrogens is 2. The molecule has 1 aromatic carbocycles. The Balaban J connectivity index is 1.49. The predicted octanol–water partition coefficient (Wildman–Crippen LogP) is 2.61. The number of nitrogens with zero attached hydrogens (tertiary/aromatic N) is 2. The average molecular weight is 382 g/mol. The van der Waals surface area contributed by atoms with Crippen molar-refractivity contribution in [2.24, 2.45) is 5.92 Å². The molecule has 2 N–H and O–H groups in total. The Morgan fingerprint density at radius 3 is 2.93 bits per heavy atom. The molecule has 27 heavy (non-hydrogen) atoms. The fraction of sp³-hybridized carbons (Fsp3) is 0.263. The van der Waals surface area contributed by atoms with Crippen LogP contribution in [0.3, 0.4) is 0 Å². The van der Waals surface area contributed by atoms with Crippen LogP contribution in [0.1, 0.15) is 29.0 Å². The van der Waals surface area contributed by atoms with Crippen LogP contribution in [0.25, 0.3) is 10.2 Å². The highest BCUT2D eigenvalue weighted by atomic mass is 32.1. The molecular weight excluding hydrogens is 364 g/mol. The number of hydrogen-bond donors (Lipinski definition) is 2. The summed E-state index contributed by atoms with van der Waals surface area (Å²) >= 11 is 1.34. The minimum absolute atomic E-state index is 0.00112. The summed E-state index contributed by atoms with van der Waals surface area (Å²) in [5.74, 6) is 0.311. The molecule has 0 saturated heterocycles. The summed E-state index contributed by atoms with van der Waals surface area (Å²) in [6.07, 6.45) is 1.85. The molecule has 0 aliphatic heterocycles. The van der Waals surface area contributed by atoms with E-state index in [1.807, 2.05) is 5.38 Å². The second-order valence-electron chi connectivity index (χ2n) is 6.65. The number of amides is 2. The Kier molecular flexibility index (Phi) is 4.49. The van der Waals surface area contributed by atoms with Crippen LogP contribution in [0, 0.1) is 5.92 Å². The van der Waals surface area contributed by atoms with Crippen LogP contribution < -0.4 is 10.9 Å². The third-order valence-corrected chi connectivity index (χ3v) is 5.33. The lowest BCUT2D eigenvalue weighted by atomic mass is 10.1. The third-order valence-electron chi connectivity index (χ3n) is 4.42. The van der Waals surface area contributed by atoms with Crippen molar-refractivity contribution in [1.82, 2.24) is 14.9 Å². The van der Waals surface area contributed by atoms with Gasteiger partial charge < -0.3 is 15.2 Å². The van der Waals surface area contributed by atoms with Crippen LogP contribution in [-0.4, -0.2) is 33.7 Å². The minimum atomic E-state index is -0.217. The highest BCUT2D eigenvalue weighted by Crippen LogP contribution is 2.30. The normalized spacial score (nSPS) is 13.5. The number of hydrogen-bond acceptors (Lipinski definition) is 5. The van der Waals surface area contributed by atoms with Crippen molar-refractivity contribution in [2.45, 2.75) is 19.4 Å². The van der Waals surface area contributed by atoms with Gasteiger partial charge in [0.05, 0.1) is 12.1 Å². The Hall–Kier alpha value is -3.00. The van der Waals surface area contributed by atoms with Crippen LogP contribution in [-0.2, 0) is 11.3 Å². The largest absolute Gasteiger partial charge is 0.334 e. The number of benzene rings is 1. The summed E-state index contributed by atoms with van der Waals surface area (Å²) in [7, 11) is 1.65. The number of thiophene rings is 1. The van der Waals surface area contributed by atoms with Crippen molar-refractivity contribution in [3.8, 4) is 0 Å². The zero-order chi connectivity index (χ0) is 19.0. The molecule has 2 aromatic heterocycles. The fourth-order valence-corrected chi connectivity index (χ4v) is 3.56. The standard InChI is InChI=1S/C19H18N4O3S/c1-23(10-15-21-14-7-8-27-16(14)18(25)22-15)19(26)12-3-2-4-13(9-12)20-17(24)11-5-6-11/h2-4,7-9,11H,5-6,10H2,1H3,(H,20,24)(H,21,22,25). The maximum Gasteiger partial charge on any atom is 0.268 e. The zero-order valence-electron chi connectivity index (χ0n) is 14.7. The van der Waals surface area contributed by atoms with Gasteiger partial charge >= 0.3 is 0 Å². The van der Waals surface area contributed by atoms with Crippen molar-refractivity contribution < 1.29 is 9.59 Å². The van der Waals surface area contributed by atoms with Crippen LogP contribution >= 0.6 is 11.3 Å². The van der Waals surface area contributed by atoms with E-state index in [9.17, 15) is 14.4 Å². The predicted molar refractivity (Wildman–Crippen MR) is 104 cm³/mol. The zero-order valence-corrected chi connectivity index (χ0v) is 15.5. The molecule has 0 unspecified atom stereocenters. The molecule has 0 atom stereocenters. The van der Waals surface area contributed by atoms with Crippen LogP contribution in [0.15, 0.2) is 40.5 Å². The first-order chi connectivity index (χ1) is 13.0. The summed E-state index contributed by atoms with van der Waals surface area (Å²) in [5, 5.41) is 4.66. The van der Waals surface area contributed by atoms with Gasteiger partial charge in [-0.25, -0.2) is 4.98 Å². The van der Waals surface area contributed by atoms with Crippen LogP contribution in [0.4, 0.5) is 5.69 Å². The minimum Gasteiger partial charge on any atom is -0.334 e. The smallest absolute Gasteiger partial charge is 0.268 e. The lowest BCUT2D eigenvalue weighted by molar-refractivity contribution is -0.117. The molecule has 0 spiro atoms. The molecule has 0 radical (unpaired) electrons. The Bertz CT molecular complexity index is 1080. The van der Waals surface area contributed by atoms with Crippen molar-refractivity contribution in [3.63, 3.8) is 0 Å². The summed E-state index contributed by atoms with van der Waals surface area (Å²) in [5.41, 5.74) is 1.50. The second-order valence-corrected chi connectivity index (χ2v) is 7.57. The van der Waals surface area contributed by atoms with Gasteiger partial charge in [-0.2, -0.15) is 0 Å². The van der Waals surface area contributed by atoms with Crippen LogP contribution in [0.5, 0.6) is 0 Å². The van der Waals surface area contributed by atoms with Gasteiger partial charge in [0, 0.05) is 24.2 Å². The third kappa shape index (κ3) is 3.75. The summed E-state index contributed by atoms with van der Waals surface area (Å²) in [6, 6.07) is 8.65. The number of rotatable bonds is 5. The molecule has 2 amide bonds. The van der Waals surface area contributed by atoms with Gasteiger partial charge in [-0.15, -0.1) is 11.3 Å². The van der Waals surface area contributed by atoms with Crippen molar-refractivity contribution in [3.05, 3.63) is 57.5 Å². The Morgan fingerprint density at radius 2 is 2.15 bits per heavy atom. The Labute approximate surface area is 159 Å². The van der Waals surface area contributed by atoms with E-state index in [-0.39, 0.29) is 29.8 Å². The highest BCUT2D eigenvalue weighted by Gasteiger charge is 2.29. The van der Waals surface area contributed by atoms with Gasteiger partial charge in [0.25, 0.3) is 11.5 Å². The number of anilines is 1. The maximum atomic E-state index is 12.7. The number of H-pyrrole nitrogens is 1. The fourth-order valence-electron chi connectivity index (χ4n) is 2.83.